The number of carbonyl (C=O) groups excluding carboxylic acids is 2. The number of ether oxygens (including phenoxy) is 1. The van der Waals surface area contributed by atoms with Gasteiger partial charge >= 0.3 is 0 Å². The van der Waals surface area contributed by atoms with Crippen molar-refractivity contribution >= 4 is 34.8 Å². The van der Waals surface area contributed by atoms with Gasteiger partial charge in [-0.2, -0.15) is 0 Å². The zero-order valence-electron chi connectivity index (χ0n) is 19.0. The van der Waals surface area contributed by atoms with Crippen LogP contribution in [-0.2, 0) is 9.59 Å². The van der Waals surface area contributed by atoms with E-state index in [2.05, 4.69) is 31.3 Å². The second-order valence-corrected chi connectivity index (χ2v) is 9.13. The third-order valence-electron chi connectivity index (χ3n) is 5.76. The second-order valence-electron chi connectivity index (χ2n) is 8.70. The van der Waals surface area contributed by atoms with Crippen LogP contribution in [-0.4, -0.2) is 18.4 Å². The van der Waals surface area contributed by atoms with Crippen molar-refractivity contribution in [2.45, 2.75) is 33.1 Å². The highest BCUT2D eigenvalue weighted by atomic mass is 35.5. The molecule has 2 amide bonds. The number of anilines is 2. The van der Waals surface area contributed by atoms with Crippen LogP contribution >= 0.6 is 11.6 Å². The summed E-state index contributed by atoms with van der Waals surface area (Å²) in [5.74, 6) is 1.20. The van der Waals surface area contributed by atoms with E-state index in [1.165, 1.54) is 0 Å². The molecule has 170 valence electrons. The van der Waals surface area contributed by atoms with E-state index in [1.54, 1.807) is 23.1 Å². The zero-order chi connectivity index (χ0) is 23.5. The SMILES string of the molecule is Cc1ccc(C(C)C)c(Oc2ccc(NC(=O)[C@@H]3CC(=O)N(c4cccc(Cl)c4)C3)cc2)c1. The van der Waals surface area contributed by atoms with Gasteiger partial charge in [-0.05, 0) is 72.5 Å². The Morgan fingerprint density at radius 2 is 1.85 bits per heavy atom. The number of aryl methyl sites for hydroxylation is 1. The Kier molecular flexibility index (Phi) is 6.70. The maximum atomic E-state index is 12.8. The fraction of sp³-hybridized carbons (Fsp3) is 0.259. The molecule has 0 aromatic heterocycles. The molecule has 0 aliphatic carbocycles. The van der Waals surface area contributed by atoms with E-state index >= 15 is 0 Å². The van der Waals surface area contributed by atoms with Gasteiger partial charge in [-0.25, -0.2) is 0 Å². The number of rotatable bonds is 6. The van der Waals surface area contributed by atoms with Crippen LogP contribution in [0.5, 0.6) is 11.5 Å². The van der Waals surface area contributed by atoms with Crippen LogP contribution in [0.25, 0.3) is 0 Å². The molecule has 0 unspecified atom stereocenters. The van der Waals surface area contributed by atoms with Crippen molar-refractivity contribution < 1.29 is 14.3 Å². The van der Waals surface area contributed by atoms with E-state index in [-0.39, 0.29) is 18.2 Å². The summed E-state index contributed by atoms with van der Waals surface area (Å²) in [5.41, 5.74) is 3.65. The topological polar surface area (TPSA) is 58.6 Å². The van der Waals surface area contributed by atoms with E-state index in [1.807, 2.05) is 43.3 Å². The maximum Gasteiger partial charge on any atom is 0.229 e. The van der Waals surface area contributed by atoms with Crippen LogP contribution in [0, 0.1) is 12.8 Å². The summed E-state index contributed by atoms with van der Waals surface area (Å²) in [4.78, 5) is 26.9. The fourth-order valence-corrected chi connectivity index (χ4v) is 4.15. The molecule has 3 aromatic rings. The Morgan fingerprint density at radius 1 is 1.09 bits per heavy atom. The fourth-order valence-electron chi connectivity index (χ4n) is 3.96. The molecule has 5 nitrogen and oxygen atoms in total. The highest BCUT2D eigenvalue weighted by molar-refractivity contribution is 6.31. The molecule has 33 heavy (non-hydrogen) atoms. The molecule has 1 atom stereocenters. The Morgan fingerprint density at radius 3 is 2.55 bits per heavy atom. The number of nitrogens with one attached hydrogen (secondary N) is 1. The first kappa shape index (κ1) is 22.9. The molecule has 1 heterocycles. The van der Waals surface area contributed by atoms with Crippen molar-refractivity contribution in [2.24, 2.45) is 5.92 Å². The highest BCUT2D eigenvalue weighted by Gasteiger charge is 2.35. The van der Waals surface area contributed by atoms with Crippen LogP contribution in [0.4, 0.5) is 11.4 Å². The van der Waals surface area contributed by atoms with Crippen molar-refractivity contribution in [2.75, 3.05) is 16.8 Å². The van der Waals surface area contributed by atoms with Crippen LogP contribution in [0.3, 0.4) is 0 Å². The molecule has 0 spiro atoms. The summed E-state index contributed by atoms with van der Waals surface area (Å²) in [6.07, 6.45) is 0.172. The number of benzene rings is 3. The Hall–Kier alpha value is -3.31. The molecular formula is C27H27ClN2O3. The minimum Gasteiger partial charge on any atom is -0.457 e. The van der Waals surface area contributed by atoms with E-state index < -0.39 is 5.92 Å². The Bertz CT molecular complexity index is 1170. The van der Waals surface area contributed by atoms with Gasteiger partial charge in [0.25, 0.3) is 0 Å². The molecular weight excluding hydrogens is 436 g/mol. The number of carbonyl (C=O) groups is 2. The smallest absolute Gasteiger partial charge is 0.229 e. The summed E-state index contributed by atoms with van der Waals surface area (Å²) >= 11 is 6.05. The zero-order valence-corrected chi connectivity index (χ0v) is 19.7. The standard InChI is InChI=1S/C27H27ClN2O3/c1-17(2)24-12-7-18(3)13-25(24)33-23-10-8-21(9-11-23)29-27(32)19-14-26(31)30(16-19)22-6-4-5-20(28)15-22/h4-13,15,17,19H,14,16H2,1-3H3,(H,29,32)/t19-/m1/s1. The van der Waals surface area contributed by atoms with Crippen molar-refractivity contribution in [3.63, 3.8) is 0 Å². The van der Waals surface area contributed by atoms with Gasteiger partial charge < -0.3 is 15.0 Å². The van der Waals surface area contributed by atoms with E-state index in [0.29, 0.717) is 34.6 Å². The Labute approximate surface area is 199 Å². The lowest BCUT2D eigenvalue weighted by atomic mass is 10.0. The van der Waals surface area contributed by atoms with E-state index in [4.69, 9.17) is 16.3 Å². The highest BCUT2D eigenvalue weighted by Crippen LogP contribution is 2.32. The predicted octanol–water partition coefficient (Wildman–Crippen LogP) is 6.56. The second kappa shape index (κ2) is 9.67. The lowest BCUT2D eigenvalue weighted by molar-refractivity contribution is -0.122. The number of nitrogens with zero attached hydrogens (tertiary/aromatic N) is 1. The third-order valence-corrected chi connectivity index (χ3v) is 5.99. The minimum absolute atomic E-state index is 0.0831. The average Bonchev–Trinajstić information content (AvgIpc) is 3.17. The quantitative estimate of drug-likeness (QED) is 0.451. The molecule has 1 fully saturated rings. The lowest BCUT2D eigenvalue weighted by Gasteiger charge is -2.17. The van der Waals surface area contributed by atoms with E-state index in [0.717, 1.165) is 16.9 Å². The first-order valence-corrected chi connectivity index (χ1v) is 11.4. The normalized spacial score (nSPS) is 15.7. The van der Waals surface area contributed by atoms with Gasteiger partial charge in [0, 0.05) is 29.4 Å². The Balaban J connectivity index is 1.40. The summed E-state index contributed by atoms with van der Waals surface area (Å²) in [6.45, 7) is 6.64. The summed E-state index contributed by atoms with van der Waals surface area (Å²) in [6, 6.07) is 20.6. The van der Waals surface area contributed by atoms with Crippen LogP contribution in [0.1, 0.15) is 37.3 Å². The predicted molar refractivity (Wildman–Crippen MR) is 132 cm³/mol. The van der Waals surface area contributed by atoms with Crippen LogP contribution in [0.2, 0.25) is 5.02 Å². The van der Waals surface area contributed by atoms with Gasteiger partial charge in [0.1, 0.15) is 11.5 Å². The maximum absolute atomic E-state index is 12.8. The molecule has 3 aromatic carbocycles. The van der Waals surface area contributed by atoms with Crippen LogP contribution < -0.4 is 15.0 Å². The van der Waals surface area contributed by atoms with E-state index in [9.17, 15) is 9.59 Å². The number of amides is 2. The number of hydrogen-bond donors (Lipinski definition) is 1. The van der Waals surface area contributed by atoms with Crippen molar-refractivity contribution in [3.8, 4) is 11.5 Å². The largest absolute Gasteiger partial charge is 0.457 e. The minimum atomic E-state index is -0.423. The number of hydrogen-bond acceptors (Lipinski definition) is 3. The average molecular weight is 463 g/mol. The summed E-state index contributed by atoms with van der Waals surface area (Å²) < 4.78 is 6.12. The van der Waals surface area contributed by atoms with Crippen molar-refractivity contribution in [3.05, 3.63) is 82.9 Å². The molecule has 1 aliphatic rings. The van der Waals surface area contributed by atoms with Gasteiger partial charge in [-0.3, -0.25) is 9.59 Å². The first-order valence-electron chi connectivity index (χ1n) is 11.1. The molecule has 0 bridgehead atoms. The van der Waals surface area contributed by atoms with Gasteiger partial charge in [0.2, 0.25) is 11.8 Å². The molecule has 1 aliphatic heterocycles. The van der Waals surface area contributed by atoms with Crippen LogP contribution in [0.15, 0.2) is 66.7 Å². The first-order chi connectivity index (χ1) is 15.8. The van der Waals surface area contributed by atoms with Gasteiger partial charge in [0.05, 0.1) is 5.92 Å². The molecule has 4 rings (SSSR count). The summed E-state index contributed by atoms with van der Waals surface area (Å²) in [5, 5.41) is 3.48. The molecule has 1 saturated heterocycles. The molecule has 1 N–H and O–H groups in total. The van der Waals surface area contributed by atoms with Gasteiger partial charge in [0.15, 0.2) is 0 Å². The summed E-state index contributed by atoms with van der Waals surface area (Å²) in [7, 11) is 0. The molecule has 6 heteroatoms. The van der Waals surface area contributed by atoms with Crippen molar-refractivity contribution in [1.82, 2.24) is 0 Å². The number of halogens is 1. The molecule has 0 radical (unpaired) electrons. The molecule has 0 saturated carbocycles. The van der Waals surface area contributed by atoms with Crippen molar-refractivity contribution in [1.29, 1.82) is 0 Å². The third kappa shape index (κ3) is 5.37. The van der Waals surface area contributed by atoms with Gasteiger partial charge in [-0.15, -0.1) is 0 Å². The van der Waals surface area contributed by atoms with Gasteiger partial charge in [-0.1, -0.05) is 43.6 Å². The lowest BCUT2D eigenvalue weighted by Crippen LogP contribution is -2.28. The monoisotopic (exact) mass is 462 g/mol.